The van der Waals surface area contributed by atoms with Crippen molar-refractivity contribution in [3.05, 3.63) is 93.1 Å². The minimum absolute atomic E-state index is 0.199. The number of aryl methyl sites for hydroxylation is 3. The van der Waals surface area contributed by atoms with Crippen LogP contribution in [0.15, 0.2) is 59.5 Å². The molecule has 0 aliphatic carbocycles. The van der Waals surface area contributed by atoms with Gasteiger partial charge >= 0.3 is 0 Å². The summed E-state index contributed by atoms with van der Waals surface area (Å²) in [6.07, 6.45) is 2.52. The number of carbonyl (C=O) groups is 2. The zero-order chi connectivity index (χ0) is 22.1. The second kappa shape index (κ2) is 8.60. The summed E-state index contributed by atoms with van der Waals surface area (Å²) in [6, 6.07) is 18.4. The van der Waals surface area contributed by atoms with Crippen LogP contribution in [-0.4, -0.2) is 27.2 Å². The number of hydrogen-bond acceptors (Lipinski definition) is 3. The molecule has 1 saturated heterocycles. The molecule has 2 heterocycles. The topological polar surface area (TPSA) is 42.3 Å². The van der Waals surface area contributed by atoms with Gasteiger partial charge in [-0.3, -0.25) is 14.5 Å². The van der Waals surface area contributed by atoms with Gasteiger partial charge in [0.25, 0.3) is 11.1 Å². The second-order valence-electron chi connectivity index (χ2n) is 8.02. The third kappa shape index (κ3) is 4.23. The first-order valence-corrected chi connectivity index (χ1v) is 11.2. The molecular weight excluding hydrogens is 404 g/mol. The van der Waals surface area contributed by atoms with Crippen molar-refractivity contribution in [2.45, 2.75) is 34.1 Å². The molecule has 0 radical (unpaired) electrons. The highest BCUT2D eigenvalue weighted by atomic mass is 32.2. The fourth-order valence-electron chi connectivity index (χ4n) is 4.08. The zero-order valence-electron chi connectivity index (χ0n) is 18.3. The normalized spacial score (nSPS) is 15.4. The summed E-state index contributed by atoms with van der Waals surface area (Å²) < 4.78 is 2.21. The van der Waals surface area contributed by atoms with Crippen molar-refractivity contribution in [3.8, 4) is 5.69 Å². The molecular formula is C26H26N2O2S. The van der Waals surface area contributed by atoms with Crippen LogP contribution in [0.1, 0.15) is 33.6 Å². The summed E-state index contributed by atoms with van der Waals surface area (Å²) in [5.74, 6) is -0.206. The molecule has 1 aromatic heterocycles. The average Bonchev–Trinajstić information content (AvgIpc) is 3.16. The predicted octanol–water partition coefficient (Wildman–Crippen LogP) is 5.99. The number of thioether (sulfide) groups is 1. The summed E-state index contributed by atoms with van der Waals surface area (Å²) in [5.41, 5.74) is 7.80. The van der Waals surface area contributed by atoms with Crippen molar-refractivity contribution in [1.82, 2.24) is 9.47 Å². The molecule has 0 unspecified atom stereocenters. The van der Waals surface area contributed by atoms with Gasteiger partial charge < -0.3 is 4.57 Å². The minimum Gasteiger partial charge on any atom is -0.318 e. The highest BCUT2D eigenvalue weighted by Gasteiger charge is 2.34. The first-order valence-electron chi connectivity index (χ1n) is 10.4. The van der Waals surface area contributed by atoms with Gasteiger partial charge in [0, 0.05) is 23.6 Å². The van der Waals surface area contributed by atoms with E-state index in [0.717, 1.165) is 40.0 Å². The highest BCUT2D eigenvalue weighted by molar-refractivity contribution is 8.18. The smallest absolute Gasteiger partial charge is 0.293 e. The van der Waals surface area contributed by atoms with E-state index >= 15 is 0 Å². The lowest BCUT2D eigenvalue weighted by molar-refractivity contribution is -0.122. The Morgan fingerprint density at radius 1 is 0.935 bits per heavy atom. The van der Waals surface area contributed by atoms with E-state index < -0.39 is 0 Å². The van der Waals surface area contributed by atoms with Crippen molar-refractivity contribution in [2.24, 2.45) is 0 Å². The summed E-state index contributed by atoms with van der Waals surface area (Å²) in [7, 11) is 0. The minimum atomic E-state index is -0.206. The van der Waals surface area contributed by atoms with Crippen LogP contribution in [0.4, 0.5) is 4.79 Å². The molecule has 4 nitrogen and oxygen atoms in total. The Labute approximate surface area is 187 Å². The quantitative estimate of drug-likeness (QED) is 0.467. The van der Waals surface area contributed by atoms with Crippen LogP contribution in [0.5, 0.6) is 0 Å². The Bertz CT molecular complexity index is 1190. The number of rotatable bonds is 5. The molecule has 3 aromatic rings. The number of imide groups is 1. The van der Waals surface area contributed by atoms with Gasteiger partial charge in [-0.1, -0.05) is 48.0 Å². The maximum atomic E-state index is 12.9. The van der Waals surface area contributed by atoms with E-state index in [0.29, 0.717) is 17.9 Å². The van der Waals surface area contributed by atoms with Crippen LogP contribution in [0.3, 0.4) is 0 Å². The van der Waals surface area contributed by atoms with Gasteiger partial charge in [0.15, 0.2) is 0 Å². The molecule has 158 valence electrons. The lowest BCUT2D eigenvalue weighted by Crippen LogP contribution is -2.30. The number of hydrogen-bond donors (Lipinski definition) is 0. The Morgan fingerprint density at radius 2 is 1.68 bits per heavy atom. The van der Waals surface area contributed by atoms with Crippen molar-refractivity contribution < 1.29 is 9.59 Å². The van der Waals surface area contributed by atoms with E-state index in [2.05, 4.69) is 56.5 Å². The van der Waals surface area contributed by atoms with Crippen LogP contribution in [0.25, 0.3) is 11.8 Å². The second-order valence-corrected chi connectivity index (χ2v) is 9.01. The maximum absolute atomic E-state index is 12.9. The summed E-state index contributed by atoms with van der Waals surface area (Å²) in [5, 5.41) is -0.199. The van der Waals surface area contributed by atoms with Gasteiger partial charge in [-0.25, -0.2) is 0 Å². The van der Waals surface area contributed by atoms with Gasteiger partial charge in [0.05, 0.1) is 4.91 Å². The van der Waals surface area contributed by atoms with Crippen LogP contribution >= 0.6 is 11.8 Å². The monoisotopic (exact) mass is 430 g/mol. The lowest BCUT2D eigenvalue weighted by Gasteiger charge is -2.13. The van der Waals surface area contributed by atoms with E-state index in [-0.39, 0.29) is 11.1 Å². The van der Waals surface area contributed by atoms with Crippen LogP contribution in [0, 0.1) is 27.7 Å². The summed E-state index contributed by atoms with van der Waals surface area (Å²) in [4.78, 5) is 27.2. The molecule has 4 rings (SSSR count). The van der Waals surface area contributed by atoms with Crippen molar-refractivity contribution in [1.29, 1.82) is 0 Å². The molecule has 0 spiro atoms. The van der Waals surface area contributed by atoms with Crippen LogP contribution in [0.2, 0.25) is 0 Å². The number of carbonyl (C=O) groups excluding carboxylic acids is 2. The lowest BCUT2D eigenvalue weighted by atomic mass is 10.1. The molecule has 31 heavy (non-hydrogen) atoms. The SMILES string of the molecule is Cc1ccc(-n2c(C)cc(/C=C3\SC(=O)N(CCc4ccccc4)C3=O)c2C)c(C)c1. The van der Waals surface area contributed by atoms with E-state index in [1.165, 1.54) is 16.0 Å². The molecule has 0 saturated carbocycles. The molecule has 0 atom stereocenters. The van der Waals surface area contributed by atoms with Crippen molar-refractivity contribution in [3.63, 3.8) is 0 Å². The number of nitrogens with zero attached hydrogens (tertiary/aromatic N) is 2. The van der Waals surface area contributed by atoms with Gasteiger partial charge in [-0.05, 0) is 80.8 Å². The third-order valence-electron chi connectivity index (χ3n) is 5.69. The molecule has 1 aliphatic heterocycles. The predicted molar refractivity (Wildman–Crippen MR) is 128 cm³/mol. The Hall–Kier alpha value is -3.05. The average molecular weight is 431 g/mol. The van der Waals surface area contributed by atoms with E-state index in [4.69, 9.17) is 0 Å². The van der Waals surface area contributed by atoms with Gasteiger partial charge in [0.1, 0.15) is 0 Å². The van der Waals surface area contributed by atoms with E-state index in [1.54, 1.807) is 0 Å². The van der Waals surface area contributed by atoms with Crippen LogP contribution < -0.4 is 0 Å². The number of aromatic nitrogens is 1. The fraction of sp³-hybridized carbons (Fsp3) is 0.231. The molecule has 1 aliphatic rings. The fourth-order valence-corrected chi connectivity index (χ4v) is 4.94. The van der Waals surface area contributed by atoms with Gasteiger partial charge in [-0.2, -0.15) is 0 Å². The van der Waals surface area contributed by atoms with Gasteiger partial charge in [-0.15, -0.1) is 0 Å². The van der Waals surface area contributed by atoms with Crippen molar-refractivity contribution >= 4 is 29.0 Å². The first kappa shape index (κ1) is 21.2. The Balaban J connectivity index is 1.59. The molecule has 5 heteroatoms. The molecule has 0 N–H and O–H groups in total. The maximum Gasteiger partial charge on any atom is 0.293 e. The van der Waals surface area contributed by atoms with Crippen LogP contribution in [-0.2, 0) is 11.2 Å². The third-order valence-corrected chi connectivity index (χ3v) is 6.60. The molecule has 2 aromatic carbocycles. The van der Waals surface area contributed by atoms with Crippen molar-refractivity contribution in [2.75, 3.05) is 6.54 Å². The van der Waals surface area contributed by atoms with E-state index in [9.17, 15) is 9.59 Å². The highest BCUT2D eigenvalue weighted by Crippen LogP contribution is 2.34. The Kier molecular flexibility index (Phi) is 5.88. The summed E-state index contributed by atoms with van der Waals surface area (Å²) in [6.45, 7) is 8.71. The first-order chi connectivity index (χ1) is 14.8. The standard InChI is InChI=1S/C26H26N2O2S/c1-17-10-11-23(18(2)14-17)28-19(3)15-22(20(28)4)16-24-25(29)27(26(30)31-24)13-12-21-8-6-5-7-9-21/h5-11,14-16H,12-13H2,1-4H3/b24-16-. The molecule has 2 amide bonds. The summed E-state index contributed by atoms with van der Waals surface area (Å²) >= 11 is 1.03. The number of amides is 2. The Morgan fingerprint density at radius 3 is 2.39 bits per heavy atom. The molecule has 1 fully saturated rings. The molecule has 0 bridgehead atoms. The number of benzene rings is 2. The zero-order valence-corrected chi connectivity index (χ0v) is 19.1. The largest absolute Gasteiger partial charge is 0.318 e. The van der Waals surface area contributed by atoms with Gasteiger partial charge in [0.2, 0.25) is 0 Å². The van der Waals surface area contributed by atoms with E-state index in [1.807, 2.05) is 36.4 Å².